The lowest BCUT2D eigenvalue weighted by atomic mass is 10.1. The molecule has 1 rings (SSSR count). The molecule has 1 N–H and O–H groups in total. The summed E-state index contributed by atoms with van der Waals surface area (Å²) >= 11 is 0. The Kier molecular flexibility index (Phi) is 6.54. The molecule has 0 saturated carbocycles. The normalized spacial score (nSPS) is 12.4. The zero-order valence-corrected chi connectivity index (χ0v) is 12.4. The smallest absolute Gasteiger partial charge is 0.373 e. The predicted octanol–water partition coefficient (Wildman–Crippen LogP) is 3.58. The maximum absolute atomic E-state index is 11.5. The molecule has 0 fully saturated rings. The SMILES string of the molecule is CCCCCCCC(C(=O)O)[n+]1cccc(C)c1C. The molecule has 0 saturated heterocycles. The molecule has 1 atom stereocenters. The van der Waals surface area contributed by atoms with Crippen molar-refractivity contribution >= 4 is 5.97 Å². The Morgan fingerprint density at radius 3 is 2.58 bits per heavy atom. The number of carbonyl (C=O) groups is 1. The average molecular weight is 264 g/mol. The van der Waals surface area contributed by atoms with Gasteiger partial charge in [-0.05, 0) is 19.4 Å². The van der Waals surface area contributed by atoms with Crippen LogP contribution in [0.4, 0.5) is 0 Å². The number of carboxylic acid groups (broad SMARTS) is 1. The largest absolute Gasteiger partial charge is 0.476 e. The molecule has 0 radical (unpaired) electrons. The molecular formula is C16H26NO2+. The summed E-state index contributed by atoms with van der Waals surface area (Å²) < 4.78 is 1.90. The van der Waals surface area contributed by atoms with Crippen LogP contribution in [-0.2, 0) is 4.79 Å². The first kappa shape index (κ1) is 15.7. The van der Waals surface area contributed by atoms with Crippen LogP contribution < -0.4 is 4.57 Å². The van der Waals surface area contributed by atoms with Crippen molar-refractivity contribution in [1.29, 1.82) is 0 Å². The number of carboxylic acids is 1. The van der Waals surface area contributed by atoms with E-state index >= 15 is 0 Å². The Hall–Kier alpha value is -1.38. The van der Waals surface area contributed by atoms with Gasteiger partial charge in [0.2, 0.25) is 0 Å². The van der Waals surface area contributed by atoms with E-state index in [0.29, 0.717) is 6.42 Å². The van der Waals surface area contributed by atoms with Gasteiger partial charge < -0.3 is 5.11 Å². The molecule has 1 aromatic heterocycles. The summed E-state index contributed by atoms with van der Waals surface area (Å²) in [5.41, 5.74) is 2.18. The average Bonchev–Trinajstić information content (AvgIpc) is 2.37. The van der Waals surface area contributed by atoms with Gasteiger partial charge >= 0.3 is 5.97 Å². The van der Waals surface area contributed by atoms with Gasteiger partial charge in [-0.2, -0.15) is 4.57 Å². The fraction of sp³-hybridized carbons (Fsp3) is 0.625. The molecular weight excluding hydrogens is 238 g/mol. The first-order valence-corrected chi connectivity index (χ1v) is 7.28. The third-order valence-corrected chi connectivity index (χ3v) is 3.75. The molecule has 3 nitrogen and oxygen atoms in total. The van der Waals surface area contributed by atoms with Crippen molar-refractivity contribution in [2.24, 2.45) is 0 Å². The van der Waals surface area contributed by atoms with Crippen molar-refractivity contribution in [2.75, 3.05) is 0 Å². The van der Waals surface area contributed by atoms with Crippen LogP contribution in [0.25, 0.3) is 0 Å². The molecule has 0 bridgehead atoms. The summed E-state index contributed by atoms with van der Waals surface area (Å²) in [4.78, 5) is 11.5. The maximum Gasteiger partial charge on any atom is 0.373 e. The molecule has 106 valence electrons. The third kappa shape index (κ3) is 4.66. The van der Waals surface area contributed by atoms with E-state index in [2.05, 4.69) is 6.92 Å². The van der Waals surface area contributed by atoms with E-state index in [1.54, 1.807) is 0 Å². The quantitative estimate of drug-likeness (QED) is 0.576. The molecule has 1 aromatic rings. The van der Waals surface area contributed by atoms with Gasteiger partial charge in [-0.3, -0.25) is 0 Å². The van der Waals surface area contributed by atoms with Gasteiger partial charge in [0.1, 0.15) is 0 Å². The molecule has 1 heterocycles. The number of pyridine rings is 1. The van der Waals surface area contributed by atoms with Crippen molar-refractivity contribution in [3.8, 4) is 0 Å². The molecule has 0 spiro atoms. The zero-order valence-electron chi connectivity index (χ0n) is 12.4. The summed E-state index contributed by atoms with van der Waals surface area (Å²) in [5.74, 6) is -0.728. The van der Waals surface area contributed by atoms with Crippen LogP contribution >= 0.6 is 0 Å². The lowest BCUT2D eigenvalue weighted by Crippen LogP contribution is -2.46. The molecule has 1 unspecified atom stereocenters. The first-order chi connectivity index (χ1) is 9.07. The Labute approximate surface area is 116 Å². The molecule has 0 aliphatic heterocycles. The van der Waals surface area contributed by atoms with Gasteiger partial charge in [0.15, 0.2) is 11.9 Å². The highest BCUT2D eigenvalue weighted by Crippen LogP contribution is 2.14. The highest BCUT2D eigenvalue weighted by atomic mass is 16.4. The fourth-order valence-electron chi connectivity index (χ4n) is 2.38. The van der Waals surface area contributed by atoms with E-state index in [4.69, 9.17) is 0 Å². The maximum atomic E-state index is 11.5. The number of nitrogens with zero attached hydrogens (tertiary/aromatic N) is 1. The summed E-state index contributed by atoms with van der Waals surface area (Å²) in [6, 6.07) is 3.52. The van der Waals surface area contributed by atoms with Crippen LogP contribution in [0, 0.1) is 13.8 Å². The van der Waals surface area contributed by atoms with Gasteiger partial charge in [0, 0.05) is 25.0 Å². The summed E-state index contributed by atoms with van der Waals surface area (Å²) in [7, 11) is 0. The van der Waals surface area contributed by atoms with Gasteiger partial charge in [-0.15, -0.1) is 0 Å². The monoisotopic (exact) mass is 264 g/mol. The molecule has 0 aliphatic rings. The van der Waals surface area contributed by atoms with E-state index in [9.17, 15) is 9.90 Å². The van der Waals surface area contributed by atoms with Crippen molar-refractivity contribution in [3.63, 3.8) is 0 Å². The van der Waals surface area contributed by atoms with E-state index in [0.717, 1.165) is 24.1 Å². The van der Waals surface area contributed by atoms with Gasteiger partial charge in [-0.25, -0.2) is 4.79 Å². The summed E-state index contributed by atoms with van der Waals surface area (Å²) in [6.45, 7) is 6.19. The topological polar surface area (TPSA) is 41.2 Å². The minimum atomic E-state index is -0.728. The Balaban J connectivity index is 2.67. The molecule has 0 aliphatic carbocycles. The second-order valence-electron chi connectivity index (χ2n) is 5.24. The Morgan fingerprint density at radius 2 is 1.95 bits per heavy atom. The summed E-state index contributed by atoms with van der Waals surface area (Å²) in [5, 5.41) is 9.42. The van der Waals surface area contributed by atoms with Crippen LogP contribution in [0.3, 0.4) is 0 Å². The number of hydrogen-bond acceptors (Lipinski definition) is 1. The number of aryl methyl sites for hydroxylation is 1. The zero-order chi connectivity index (χ0) is 14.3. The predicted molar refractivity (Wildman–Crippen MR) is 76.2 cm³/mol. The number of hydrogen-bond donors (Lipinski definition) is 1. The molecule has 0 aromatic carbocycles. The van der Waals surface area contributed by atoms with E-state index in [1.165, 1.54) is 19.3 Å². The lowest BCUT2D eigenvalue weighted by Gasteiger charge is -2.11. The van der Waals surface area contributed by atoms with Gasteiger partial charge in [-0.1, -0.05) is 32.6 Å². The van der Waals surface area contributed by atoms with Crippen LogP contribution in [-0.4, -0.2) is 11.1 Å². The van der Waals surface area contributed by atoms with E-state index in [-0.39, 0.29) is 0 Å². The van der Waals surface area contributed by atoms with Gasteiger partial charge in [0.25, 0.3) is 6.04 Å². The van der Waals surface area contributed by atoms with Crippen molar-refractivity contribution in [2.45, 2.75) is 65.3 Å². The van der Waals surface area contributed by atoms with Crippen molar-refractivity contribution in [3.05, 3.63) is 29.6 Å². The van der Waals surface area contributed by atoms with Crippen molar-refractivity contribution < 1.29 is 14.5 Å². The van der Waals surface area contributed by atoms with Crippen molar-refractivity contribution in [1.82, 2.24) is 0 Å². The first-order valence-electron chi connectivity index (χ1n) is 7.28. The highest BCUT2D eigenvalue weighted by molar-refractivity contribution is 5.69. The molecule has 3 heteroatoms. The van der Waals surface area contributed by atoms with Crippen LogP contribution in [0.5, 0.6) is 0 Å². The summed E-state index contributed by atoms with van der Waals surface area (Å²) in [6.07, 6.45) is 8.38. The van der Waals surface area contributed by atoms with Crippen LogP contribution in [0.2, 0.25) is 0 Å². The molecule has 19 heavy (non-hydrogen) atoms. The number of aromatic nitrogens is 1. The second kappa shape index (κ2) is 7.93. The van der Waals surface area contributed by atoms with E-state index in [1.807, 2.05) is 36.7 Å². The Bertz CT molecular complexity index is 415. The number of aliphatic carboxylic acids is 1. The lowest BCUT2D eigenvalue weighted by molar-refractivity contribution is -0.717. The molecule has 0 amide bonds. The third-order valence-electron chi connectivity index (χ3n) is 3.75. The minimum Gasteiger partial charge on any atom is -0.476 e. The number of rotatable bonds is 8. The number of unbranched alkanes of at least 4 members (excludes halogenated alkanes) is 4. The minimum absolute atomic E-state index is 0.429. The Morgan fingerprint density at radius 1 is 1.26 bits per heavy atom. The highest BCUT2D eigenvalue weighted by Gasteiger charge is 2.28. The van der Waals surface area contributed by atoms with Crippen LogP contribution in [0.1, 0.15) is 62.7 Å². The van der Waals surface area contributed by atoms with Gasteiger partial charge in [0.05, 0.1) is 0 Å². The fourth-order valence-corrected chi connectivity index (χ4v) is 2.38. The standard InChI is InChI=1S/C16H25NO2/c1-4-5-6-7-8-11-15(16(18)19)17-12-9-10-13(2)14(17)3/h9-10,12,15H,4-8,11H2,1-3H3/p+1. The second-order valence-corrected chi connectivity index (χ2v) is 5.24. The van der Waals surface area contributed by atoms with Crippen LogP contribution in [0.15, 0.2) is 18.3 Å². The van der Waals surface area contributed by atoms with E-state index < -0.39 is 12.0 Å².